The van der Waals surface area contributed by atoms with Gasteiger partial charge in [0, 0.05) is 38.9 Å². The van der Waals surface area contributed by atoms with Gasteiger partial charge in [-0.3, -0.25) is 4.98 Å². The number of aromatic nitrogens is 3. The van der Waals surface area contributed by atoms with E-state index in [2.05, 4.69) is 63.8 Å². The molecule has 0 radical (unpaired) electrons. The lowest BCUT2D eigenvalue weighted by atomic mass is 9.95. The van der Waals surface area contributed by atoms with E-state index >= 15 is 0 Å². The van der Waals surface area contributed by atoms with Crippen molar-refractivity contribution >= 4 is 43.6 Å². The highest BCUT2D eigenvalue weighted by atomic mass is 15.0. The Morgan fingerprint density at radius 3 is 0.863 bits per heavy atom. The Balaban J connectivity index is 1.12. The molecule has 0 N–H and O–H groups in total. The summed E-state index contributed by atoms with van der Waals surface area (Å²) in [7, 11) is 0. The van der Waals surface area contributed by atoms with E-state index in [-0.39, 0.29) is 0 Å². The fourth-order valence-electron chi connectivity index (χ4n) is 10.9. The van der Waals surface area contributed by atoms with Crippen molar-refractivity contribution < 1.29 is 0 Å². The second-order valence-electron chi connectivity index (χ2n) is 18.8. The summed E-state index contributed by atoms with van der Waals surface area (Å²) in [5.74, 6) is 0. The molecule has 0 bridgehead atoms. The lowest BCUT2D eigenvalue weighted by molar-refractivity contribution is 1.13. The molecule has 362 valence electrons. The molecule has 0 aliphatic heterocycles. The molecular weight excluding hydrogens is 985 g/mol. The van der Waals surface area contributed by atoms with Crippen LogP contribution in [0.5, 0.6) is 0 Å². The minimum atomic E-state index is 0.332. The van der Waals surface area contributed by atoms with E-state index in [1.54, 1.807) is 91.3 Å². The second kappa shape index (κ2) is 19.4. The highest BCUT2D eigenvalue weighted by molar-refractivity contribution is 6.14. The normalized spacial score (nSPS) is 10.6. The van der Waals surface area contributed by atoms with Gasteiger partial charge in [0.05, 0.1) is 144 Å². The molecular formula is C68H30N12. The van der Waals surface area contributed by atoms with Crippen molar-refractivity contribution in [1.29, 1.82) is 47.4 Å². The molecule has 0 fully saturated rings. The van der Waals surface area contributed by atoms with Crippen LogP contribution >= 0.6 is 0 Å². The first-order valence-corrected chi connectivity index (χ1v) is 24.7. The zero-order valence-corrected chi connectivity index (χ0v) is 41.7. The van der Waals surface area contributed by atoms with Crippen molar-refractivity contribution in [3.05, 3.63) is 232 Å². The third-order valence-electron chi connectivity index (χ3n) is 14.5. The number of hydrogen-bond donors (Lipinski definition) is 0. The van der Waals surface area contributed by atoms with Gasteiger partial charge >= 0.3 is 0 Å². The average Bonchev–Trinajstić information content (AvgIpc) is 4.26. The zero-order valence-electron chi connectivity index (χ0n) is 41.7. The third kappa shape index (κ3) is 7.82. The van der Waals surface area contributed by atoms with Gasteiger partial charge in [-0.05, 0) is 160 Å². The van der Waals surface area contributed by atoms with Gasteiger partial charge in [0.2, 0.25) is 0 Å². The molecule has 0 aliphatic carbocycles. The molecule has 12 aromatic rings. The predicted octanol–water partition coefficient (Wildman–Crippen LogP) is 14.5. The summed E-state index contributed by atoms with van der Waals surface area (Å²) in [5, 5.41) is 93.7. The first-order chi connectivity index (χ1) is 39.2. The van der Waals surface area contributed by atoms with Crippen LogP contribution < -0.4 is 0 Å². The second-order valence-corrected chi connectivity index (χ2v) is 18.8. The summed E-state index contributed by atoms with van der Waals surface area (Å²) < 4.78 is 4.22. The Morgan fingerprint density at radius 2 is 0.550 bits per heavy atom. The van der Waals surface area contributed by atoms with E-state index in [9.17, 15) is 47.4 Å². The molecule has 0 atom stereocenters. The molecule has 12 rings (SSSR count). The van der Waals surface area contributed by atoms with Crippen molar-refractivity contribution in [1.82, 2.24) is 14.1 Å². The summed E-state index contributed by atoms with van der Waals surface area (Å²) in [6, 6.07) is 71.1. The number of nitrogens with zero attached hydrogens (tertiary/aromatic N) is 12. The fraction of sp³-hybridized carbons (Fsp3) is 0. The van der Waals surface area contributed by atoms with Crippen LogP contribution in [0.4, 0.5) is 0 Å². The molecule has 0 spiro atoms. The summed E-state index contributed by atoms with van der Waals surface area (Å²) in [5.41, 5.74) is 14.6. The van der Waals surface area contributed by atoms with E-state index < -0.39 is 0 Å². The Labute approximate surface area is 456 Å². The lowest BCUT2D eigenvalue weighted by Crippen LogP contribution is -2.02. The molecule has 3 heterocycles. The van der Waals surface area contributed by atoms with Crippen LogP contribution in [0, 0.1) is 102 Å². The lowest BCUT2D eigenvalue weighted by Gasteiger charge is -2.19. The number of hydrogen-bond acceptors (Lipinski definition) is 10. The number of benzene rings is 9. The summed E-state index contributed by atoms with van der Waals surface area (Å²) in [6.07, 6.45) is 3.51. The van der Waals surface area contributed by atoms with Crippen molar-refractivity contribution in [2.75, 3.05) is 0 Å². The monoisotopic (exact) mass is 1010 g/mol. The Kier molecular flexibility index (Phi) is 11.7. The van der Waals surface area contributed by atoms with E-state index in [0.717, 1.165) is 77.0 Å². The van der Waals surface area contributed by atoms with Gasteiger partial charge in [0.25, 0.3) is 0 Å². The summed E-state index contributed by atoms with van der Waals surface area (Å²) in [4.78, 5) is 4.72. The Morgan fingerprint density at radius 1 is 0.263 bits per heavy atom. The molecule has 3 aromatic heterocycles. The fourth-order valence-corrected chi connectivity index (χ4v) is 10.9. The van der Waals surface area contributed by atoms with Crippen molar-refractivity contribution in [3.63, 3.8) is 0 Å². The molecule has 12 nitrogen and oxygen atoms in total. The summed E-state index contributed by atoms with van der Waals surface area (Å²) in [6.45, 7) is 0. The maximum atomic E-state index is 10.6. The van der Waals surface area contributed by atoms with Crippen LogP contribution in [0.2, 0.25) is 0 Å². The highest BCUT2D eigenvalue weighted by Crippen LogP contribution is 2.44. The minimum absolute atomic E-state index is 0.332. The van der Waals surface area contributed by atoms with Crippen LogP contribution in [0.1, 0.15) is 50.1 Å². The highest BCUT2D eigenvalue weighted by Gasteiger charge is 2.24. The van der Waals surface area contributed by atoms with Gasteiger partial charge in [-0.15, -0.1) is 0 Å². The largest absolute Gasteiger partial charge is 0.309 e. The molecule has 0 saturated heterocycles. The Bertz CT molecular complexity index is 4880. The predicted molar refractivity (Wildman–Crippen MR) is 303 cm³/mol. The maximum absolute atomic E-state index is 10.6. The maximum Gasteiger partial charge on any atom is 0.0998 e. The number of fused-ring (bicyclic) bond motifs is 6. The van der Waals surface area contributed by atoms with Gasteiger partial charge in [-0.2, -0.15) is 47.4 Å². The van der Waals surface area contributed by atoms with Crippen LogP contribution in [0.3, 0.4) is 0 Å². The van der Waals surface area contributed by atoms with Crippen LogP contribution in [-0.4, -0.2) is 14.1 Å². The number of nitriles is 9. The quantitative estimate of drug-likeness (QED) is 0.146. The van der Waals surface area contributed by atoms with E-state index in [0.29, 0.717) is 83.7 Å². The molecule has 80 heavy (non-hydrogen) atoms. The van der Waals surface area contributed by atoms with E-state index in [1.165, 1.54) is 0 Å². The van der Waals surface area contributed by atoms with Crippen LogP contribution in [-0.2, 0) is 0 Å². The molecule has 12 heteroatoms. The van der Waals surface area contributed by atoms with Crippen molar-refractivity contribution in [2.45, 2.75) is 0 Å². The first-order valence-electron chi connectivity index (χ1n) is 24.7. The number of rotatable bonds is 7. The molecule has 0 amide bonds. The van der Waals surface area contributed by atoms with Gasteiger partial charge in [-0.25, -0.2) is 0 Å². The topological polar surface area (TPSA) is 237 Å². The first kappa shape index (κ1) is 48.1. The zero-order chi connectivity index (χ0) is 55.2. The van der Waals surface area contributed by atoms with Gasteiger partial charge in [0.1, 0.15) is 0 Å². The molecule has 0 unspecified atom stereocenters. The van der Waals surface area contributed by atoms with Crippen molar-refractivity contribution in [2.24, 2.45) is 0 Å². The van der Waals surface area contributed by atoms with Gasteiger partial charge in [-0.1, -0.05) is 54.6 Å². The smallest absolute Gasteiger partial charge is 0.0998 e. The molecule has 0 aliphatic rings. The van der Waals surface area contributed by atoms with E-state index in [4.69, 9.17) is 4.98 Å². The third-order valence-corrected chi connectivity index (χ3v) is 14.5. The molecule has 9 aromatic carbocycles. The molecule has 0 saturated carbocycles. The minimum Gasteiger partial charge on any atom is -0.309 e. The van der Waals surface area contributed by atoms with Gasteiger partial charge < -0.3 is 9.13 Å². The average molecular weight is 1020 g/mol. The Hall–Kier alpha value is -12.9. The van der Waals surface area contributed by atoms with Crippen molar-refractivity contribution in [3.8, 4) is 122 Å². The summed E-state index contributed by atoms with van der Waals surface area (Å²) >= 11 is 0. The van der Waals surface area contributed by atoms with Gasteiger partial charge in [0.15, 0.2) is 0 Å². The van der Waals surface area contributed by atoms with Crippen LogP contribution in [0.15, 0.2) is 182 Å². The SMILES string of the molecule is N#Cc1ccc(-c2ccc3c(c2)c2cc(-c4ccc(C#N)cc4C#N)ccc2n3-c2cnccc2-c2ccc(C#N)cc2-n2c3ccc(-c4ccc(C#N)cc4C#N)cc3c3cc(-c4ccc(C#N)cc4C#N)ccc32)c(C#N)c1. The number of pyridine rings is 1. The van der Waals surface area contributed by atoms with Crippen LogP contribution in [0.25, 0.3) is 111 Å². The van der Waals surface area contributed by atoms with E-state index in [1.807, 2.05) is 91.0 Å². The standard InChI is InChI=1S/C68H30N12/c69-30-40-1-10-53(49(21-40)35-74)45-6-15-63-59(26-45)60-27-46(54-11-2-41(31-70)22-50(54)36-75)7-16-64(60)79(63)67-25-44(34-73)5-14-57(67)58-19-20-78-39-68(58)80-65-17-8-47(55-12-3-42(32-71)23-51(55)37-76)28-61(65)62-29-48(9-18-66(62)80)56-13-4-43(33-72)24-52(56)38-77/h1-29,39H.